The van der Waals surface area contributed by atoms with Gasteiger partial charge in [0.05, 0.1) is 13.2 Å². The Morgan fingerprint density at radius 3 is 2.70 bits per heavy atom. The fourth-order valence-electron chi connectivity index (χ4n) is 2.41. The Hall–Kier alpha value is -2.27. The largest absolute Gasteiger partial charge is 0.392 e. The van der Waals surface area contributed by atoms with Crippen LogP contribution in [0.4, 0.5) is 0 Å². The van der Waals surface area contributed by atoms with Gasteiger partial charge in [-0.2, -0.15) is 4.80 Å². The molecule has 0 aliphatic rings. The summed E-state index contributed by atoms with van der Waals surface area (Å²) < 4.78 is 0. The van der Waals surface area contributed by atoms with Crippen LogP contribution in [-0.2, 0) is 19.9 Å². The molecule has 3 rings (SSSR count). The lowest BCUT2D eigenvalue weighted by Gasteiger charge is -2.10. The fraction of sp³-hybridized carbons (Fsp3) is 0.267. The van der Waals surface area contributed by atoms with Crippen LogP contribution >= 0.6 is 0 Å². The van der Waals surface area contributed by atoms with Gasteiger partial charge in [0.1, 0.15) is 0 Å². The first-order chi connectivity index (χ1) is 9.72. The van der Waals surface area contributed by atoms with Crippen molar-refractivity contribution in [1.29, 1.82) is 0 Å². The standard InChI is InChI=1S/C15H16N4O/c1-19-17-15(16-18-19)10-13(20)9-12-7-4-6-11-5-2-3-8-14(11)12/h2-8,13,20H,9-10H2,1H3. The summed E-state index contributed by atoms with van der Waals surface area (Å²) in [4.78, 5) is 1.40. The molecule has 0 aliphatic carbocycles. The van der Waals surface area contributed by atoms with Crippen LogP contribution in [0.5, 0.6) is 0 Å². The zero-order valence-corrected chi connectivity index (χ0v) is 11.3. The molecule has 0 aliphatic heterocycles. The summed E-state index contributed by atoms with van der Waals surface area (Å²) in [5, 5.41) is 24.3. The molecule has 1 N–H and O–H groups in total. The average molecular weight is 268 g/mol. The minimum Gasteiger partial charge on any atom is -0.392 e. The molecule has 1 aromatic heterocycles. The second-order valence-electron chi connectivity index (χ2n) is 4.90. The lowest BCUT2D eigenvalue weighted by molar-refractivity contribution is 0.173. The van der Waals surface area contributed by atoms with Crippen molar-refractivity contribution >= 4 is 10.8 Å². The maximum absolute atomic E-state index is 10.2. The van der Waals surface area contributed by atoms with Crippen LogP contribution < -0.4 is 0 Å². The summed E-state index contributed by atoms with van der Waals surface area (Å²) in [6.07, 6.45) is 0.487. The lowest BCUT2D eigenvalue weighted by atomic mass is 9.99. The number of benzene rings is 2. The minimum atomic E-state index is -0.509. The highest BCUT2D eigenvalue weighted by molar-refractivity contribution is 5.85. The number of aromatic nitrogens is 4. The highest BCUT2D eigenvalue weighted by Crippen LogP contribution is 2.20. The smallest absolute Gasteiger partial charge is 0.177 e. The van der Waals surface area contributed by atoms with Gasteiger partial charge in [-0.05, 0) is 28.0 Å². The predicted molar refractivity (Wildman–Crippen MR) is 76.2 cm³/mol. The average Bonchev–Trinajstić information content (AvgIpc) is 2.84. The Kier molecular flexibility index (Phi) is 3.43. The molecule has 0 fully saturated rings. The van der Waals surface area contributed by atoms with E-state index >= 15 is 0 Å². The van der Waals surface area contributed by atoms with Crippen molar-refractivity contribution in [2.24, 2.45) is 7.05 Å². The molecule has 3 aromatic rings. The van der Waals surface area contributed by atoms with Crippen LogP contribution in [0.25, 0.3) is 10.8 Å². The molecular formula is C15H16N4O. The maximum Gasteiger partial charge on any atom is 0.177 e. The van der Waals surface area contributed by atoms with Gasteiger partial charge in [0, 0.05) is 6.42 Å². The van der Waals surface area contributed by atoms with Crippen LogP contribution in [0.15, 0.2) is 42.5 Å². The topological polar surface area (TPSA) is 63.8 Å². The molecule has 0 amide bonds. The minimum absolute atomic E-state index is 0.414. The molecule has 0 spiro atoms. The summed E-state index contributed by atoms with van der Waals surface area (Å²) in [6, 6.07) is 14.3. The van der Waals surface area contributed by atoms with Crippen molar-refractivity contribution < 1.29 is 5.11 Å². The number of hydrogen-bond donors (Lipinski definition) is 1. The monoisotopic (exact) mass is 268 g/mol. The molecular weight excluding hydrogens is 252 g/mol. The van der Waals surface area contributed by atoms with Crippen molar-refractivity contribution in [3.63, 3.8) is 0 Å². The summed E-state index contributed by atoms with van der Waals surface area (Å²) in [5.74, 6) is 0.570. The third-order valence-corrected chi connectivity index (χ3v) is 3.30. The van der Waals surface area contributed by atoms with Crippen molar-refractivity contribution in [2.45, 2.75) is 18.9 Å². The first kappa shape index (κ1) is 12.7. The first-order valence-electron chi connectivity index (χ1n) is 6.60. The molecule has 0 radical (unpaired) electrons. The third-order valence-electron chi connectivity index (χ3n) is 3.30. The van der Waals surface area contributed by atoms with Crippen LogP contribution in [0.3, 0.4) is 0 Å². The summed E-state index contributed by atoms with van der Waals surface area (Å²) in [7, 11) is 1.72. The number of aliphatic hydroxyl groups is 1. The van der Waals surface area contributed by atoms with Gasteiger partial charge >= 0.3 is 0 Å². The SMILES string of the molecule is Cn1nnc(CC(O)Cc2cccc3ccccc23)n1. The van der Waals surface area contributed by atoms with Crippen molar-refractivity contribution in [1.82, 2.24) is 20.2 Å². The van der Waals surface area contributed by atoms with Crippen LogP contribution in [-0.4, -0.2) is 31.4 Å². The molecule has 5 heteroatoms. The summed E-state index contributed by atoms with van der Waals surface area (Å²) >= 11 is 0. The summed E-state index contributed by atoms with van der Waals surface area (Å²) in [6.45, 7) is 0. The van der Waals surface area contributed by atoms with Gasteiger partial charge in [-0.15, -0.1) is 10.2 Å². The zero-order chi connectivity index (χ0) is 13.9. The van der Waals surface area contributed by atoms with Crippen molar-refractivity contribution in [3.05, 3.63) is 53.9 Å². The van der Waals surface area contributed by atoms with E-state index in [4.69, 9.17) is 0 Å². The predicted octanol–water partition coefficient (Wildman–Crippen LogP) is 1.51. The normalized spacial score (nSPS) is 12.7. The molecule has 1 heterocycles. The van der Waals surface area contributed by atoms with Gasteiger partial charge in [-0.1, -0.05) is 42.5 Å². The van der Waals surface area contributed by atoms with E-state index in [1.165, 1.54) is 15.6 Å². The lowest BCUT2D eigenvalue weighted by Crippen LogP contribution is -2.15. The van der Waals surface area contributed by atoms with Crippen LogP contribution in [0.1, 0.15) is 11.4 Å². The van der Waals surface area contributed by atoms with E-state index in [0.717, 1.165) is 5.56 Å². The Bertz CT molecular complexity index is 717. The van der Waals surface area contributed by atoms with Crippen LogP contribution in [0.2, 0.25) is 0 Å². The third kappa shape index (κ3) is 2.67. The second kappa shape index (κ2) is 5.38. The Morgan fingerprint density at radius 1 is 1.10 bits per heavy atom. The second-order valence-corrected chi connectivity index (χ2v) is 4.90. The zero-order valence-electron chi connectivity index (χ0n) is 11.3. The maximum atomic E-state index is 10.2. The molecule has 1 unspecified atom stereocenters. The quantitative estimate of drug-likeness (QED) is 0.779. The fourth-order valence-corrected chi connectivity index (χ4v) is 2.41. The van der Waals surface area contributed by atoms with Gasteiger partial charge in [-0.3, -0.25) is 0 Å². The number of rotatable bonds is 4. The van der Waals surface area contributed by atoms with E-state index in [9.17, 15) is 5.11 Å². The van der Waals surface area contributed by atoms with E-state index < -0.39 is 6.10 Å². The van der Waals surface area contributed by atoms with Gasteiger partial charge in [-0.25, -0.2) is 0 Å². The molecule has 2 aromatic carbocycles. The van der Waals surface area contributed by atoms with Gasteiger partial charge < -0.3 is 5.11 Å². The van der Waals surface area contributed by atoms with Crippen molar-refractivity contribution in [2.75, 3.05) is 0 Å². The van der Waals surface area contributed by atoms with Crippen LogP contribution in [0, 0.1) is 0 Å². The van der Waals surface area contributed by atoms with E-state index in [-0.39, 0.29) is 0 Å². The van der Waals surface area contributed by atoms with E-state index in [0.29, 0.717) is 18.7 Å². The molecule has 0 saturated carbocycles. The highest BCUT2D eigenvalue weighted by Gasteiger charge is 2.12. The number of aliphatic hydroxyl groups excluding tert-OH is 1. The molecule has 0 bridgehead atoms. The Morgan fingerprint density at radius 2 is 1.90 bits per heavy atom. The van der Waals surface area contributed by atoms with E-state index in [1.807, 2.05) is 18.2 Å². The molecule has 102 valence electrons. The highest BCUT2D eigenvalue weighted by atomic mass is 16.3. The van der Waals surface area contributed by atoms with Gasteiger partial charge in [0.15, 0.2) is 5.82 Å². The molecule has 5 nitrogen and oxygen atoms in total. The van der Waals surface area contributed by atoms with E-state index in [1.54, 1.807) is 7.05 Å². The number of nitrogens with zero attached hydrogens (tertiary/aromatic N) is 4. The number of tetrazole rings is 1. The molecule has 20 heavy (non-hydrogen) atoms. The molecule has 1 atom stereocenters. The number of fused-ring (bicyclic) bond motifs is 1. The number of hydrogen-bond acceptors (Lipinski definition) is 4. The number of aryl methyl sites for hydroxylation is 1. The Labute approximate surface area is 116 Å². The van der Waals surface area contributed by atoms with E-state index in [2.05, 4.69) is 39.7 Å². The van der Waals surface area contributed by atoms with Gasteiger partial charge in [0.25, 0.3) is 0 Å². The van der Waals surface area contributed by atoms with Crippen molar-refractivity contribution in [3.8, 4) is 0 Å². The first-order valence-corrected chi connectivity index (χ1v) is 6.60. The summed E-state index contributed by atoms with van der Waals surface area (Å²) in [5.41, 5.74) is 1.14. The van der Waals surface area contributed by atoms with Gasteiger partial charge in [0.2, 0.25) is 0 Å². The molecule has 0 saturated heterocycles. The Balaban J connectivity index is 1.79.